The van der Waals surface area contributed by atoms with Crippen LogP contribution in [0.3, 0.4) is 0 Å². The van der Waals surface area contributed by atoms with Gasteiger partial charge >= 0.3 is 5.97 Å². The number of aliphatic imine (C=N–C) groups is 1. The zero-order valence-corrected chi connectivity index (χ0v) is 18.8. The number of nitrogens with zero attached hydrogens (tertiary/aromatic N) is 1. The van der Waals surface area contributed by atoms with Crippen LogP contribution in [0.4, 0.5) is 5.69 Å². The molecule has 7 heteroatoms. The highest BCUT2D eigenvalue weighted by Gasteiger charge is 2.24. The zero-order chi connectivity index (χ0) is 22.5. The molecule has 1 amide bonds. The average molecular weight is 491 g/mol. The van der Waals surface area contributed by atoms with Crippen LogP contribution < -0.4 is 10.1 Å². The van der Waals surface area contributed by atoms with Gasteiger partial charge in [-0.05, 0) is 65.7 Å². The Balaban J connectivity index is 1.47. The molecule has 0 atom stereocenters. The molecule has 1 heterocycles. The Kier molecular flexibility index (Phi) is 6.47. The molecule has 0 fully saturated rings. The number of carbonyl (C=O) groups excluding carboxylic acids is 2. The summed E-state index contributed by atoms with van der Waals surface area (Å²) in [6.45, 7) is 1.88. The van der Waals surface area contributed by atoms with E-state index in [1.165, 1.54) is 6.92 Å². The minimum absolute atomic E-state index is 0.157. The normalized spacial score (nSPS) is 14.1. The van der Waals surface area contributed by atoms with Crippen molar-refractivity contribution >= 4 is 45.5 Å². The summed E-state index contributed by atoms with van der Waals surface area (Å²) in [6, 6.07) is 22.2. The van der Waals surface area contributed by atoms with Gasteiger partial charge in [0.05, 0.1) is 0 Å². The third kappa shape index (κ3) is 5.50. The third-order valence-corrected chi connectivity index (χ3v) is 5.08. The van der Waals surface area contributed by atoms with E-state index in [2.05, 4.69) is 26.2 Å². The predicted molar refractivity (Wildman–Crippen MR) is 126 cm³/mol. The van der Waals surface area contributed by atoms with Crippen LogP contribution in [0.2, 0.25) is 0 Å². The van der Waals surface area contributed by atoms with E-state index >= 15 is 0 Å². The van der Waals surface area contributed by atoms with Gasteiger partial charge in [-0.2, -0.15) is 0 Å². The molecule has 0 spiro atoms. The highest BCUT2D eigenvalue weighted by molar-refractivity contribution is 9.10. The number of halogens is 1. The van der Waals surface area contributed by atoms with Gasteiger partial charge in [0.2, 0.25) is 11.8 Å². The first-order valence-corrected chi connectivity index (χ1v) is 10.6. The average Bonchev–Trinajstić information content (AvgIpc) is 3.14. The lowest BCUT2D eigenvalue weighted by Crippen LogP contribution is -2.07. The molecule has 32 heavy (non-hydrogen) atoms. The summed E-state index contributed by atoms with van der Waals surface area (Å²) in [4.78, 5) is 27.8. The summed E-state index contributed by atoms with van der Waals surface area (Å²) in [5, 5.41) is 2.69. The van der Waals surface area contributed by atoms with E-state index in [0.29, 0.717) is 23.6 Å². The summed E-state index contributed by atoms with van der Waals surface area (Å²) < 4.78 is 12.2. The molecule has 3 aromatic carbocycles. The lowest BCUT2D eigenvalue weighted by atomic mass is 10.2. The number of benzene rings is 3. The molecule has 0 bridgehead atoms. The molecule has 0 saturated carbocycles. The van der Waals surface area contributed by atoms with Crippen LogP contribution in [0.15, 0.2) is 88.0 Å². The highest BCUT2D eigenvalue weighted by Crippen LogP contribution is 2.23. The molecule has 6 nitrogen and oxygen atoms in total. The Morgan fingerprint density at radius 1 is 1.09 bits per heavy atom. The third-order valence-electron chi connectivity index (χ3n) is 4.55. The van der Waals surface area contributed by atoms with E-state index in [4.69, 9.17) is 9.47 Å². The quantitative estimate of drug-likeness (QED) is 0.374. The fraction of sp³-hybridized carbons (Fsp3) is 0.0800. The molecule has 160 valence electrons. The highest BCUT2D eigenvalue weighted by atomic mass is 79.9. The lowest BCUT2D eigenvalue weighted by molar-refractivity contribution is -0.129. The summed E-state index contributed by atoms with van der Waals surface area (Å²) in [7, 11) is 0. The molecule has 3 aromatic rings. The Bertz CT molecular complexity index is 1220. The maximum Gasteiger partial charge on any atom is 0.363 e. The molecule has 4 rings (SSSR count). The van der Waals surface area contributed by atoms with Crippen LogP contribution in [0, 0.1) is 0 Å². The minimum Gasteiger partial charge on any atom is -0.489 e. The molecule has 0 radical (unpaired) electrons. The molecule has 0 aromatic heterocycles. The van der Waals surface area contributed by atoms with Crippen LogP contribution in [0.5, 0.6) is 5.75 Å². The van der Waals surface area contributed by atoms with Crippen molar-refractivity contribution in [1.29, 1.82) is 0 Å². The van der Waals surface area contributed by atoms with Gasteiger partial charge < -0.3 is 14.8 Å². The predicted octanol–water partition coefficient (Wildman–Crippen LogP) is 5.33. The molecule has 1 N–H and O–H groups in total. The van der Waals surface area contributed by atoms with E-state index in [-0.39, 0.29) is 17.5 Å². The number of nitrogens with one attached hydrogen (secondary N) is 1. The second-order valence-electron chi connectivity index (χ2n) is 7.08. The van der Waals surface area contributed by atoms with Gasteiger partial charge in [0.15, 0.2) is 5.70 Å². The molecule has 0 saturated heterocycles. The van der Waals surface area contributed by atoms with Crippen molar-refractivity contribution in [3.8, 4) is 5.75 Å². The van der Waals surface area contributed by atoms with Crippen molar-refractivity contribution in [3.05, 3.63) is 99.7 Å². The largest absolute Gasteiger partial charge is 0.489 e. The summed E-state index contributed by atoms with van der Waals surface area (Å²) in [6.07, 6.45) is 1.66. The van der Waals surface area contributed by atoms with Gasteiger partial charge in [0.25, 0.3) is 0 Å². The number of anilines is 1. The maximum atomic E-state index is 12.3. The Labute approximate surface area is 193 Å². The van der Waals surface area contributed by atoms with Crippen molar-refractivity contribution in [2.24, 2.45) is 4.99 Å². The van der Waals surface area contributed by atoms with Crippen LogP contribution in [0.1, 0.15) is 23.6 Å². The van der Waals surface area contributed by atoms with E-state index in [1.54, 1.807) is 30.3 Å². The molecule has 1 aliphatic heterocycles. The number of amides is 1. The van der Waals surface area contributed by atoms with Crippen molar-refractivity contribution in [2.75, 3.05) is 5.32 Å². The number of rotatable bonds is 6. The van der Waals surface area contributed by atoms with Crippen molar-refractivity contribution in [2.45, 2.75) is 13.5 Å². The van der Waals surface area contributed by atoms with E-state index in [1.807, 2.05) is 48.5 Å². The minimum atomic E-state index is -0.521. The second-order valence-corrected chi connectivity index (χ2v) is 8.00. The first-order chi connectivity index (χ1) is 15.5. The Morgan fingerprint density at radius 2 is 1.84 bits per heavy atom. The van der Waals surface area contributed by atoms with Crippen LogP contribution in [0.25, 0.3) is 6.08 Å². The molecular weight excluding hydrogens is 472 g/mol. The number of esters is 1. The lowest BCUT2D eigenvalue weighted by Gasteiger charge is -2.07. The van der Waals surface area contributed by atoms with Gasteiger partial charge in [-0.1, -0.05) is 40.2 Å². The number of hydrogen-bond acceptors (Lipinski definition) is 5. The van der Waals surface area contributed by atoms with Gasteiger partial charge in [-0.25, -0.2) is 9.79 Å². The fourth-order valence-corrected chi connectivity index (χ4v) is 3.30. The summed E-state index contributed by atoms with van der Waals surface area (Å²) in [5.74, 6) is 0.229. The Morgan fingerprint density at radius 3 is 2.56 bits per heavy atom. The number of cyclic esters (lactones) is 1. The summed E-state index contributed by atoms with van der Waals surface area (Å²) >= 11 is 3.42. The molecular formula is C25H19BrN2O4. The van der Waals surface area contributed by atoms with Gasteiger partial charge in [-0.3, -0.25) is 4.79 Å². The standard InChI is InChI=1S/C25H19BrN2O4/c1-16(29)27-21-11-7-19(8-12-21)24-28-23(25(30)32-24)14-18-3-2-4-22(13-18)31-15-17-5-9-20(26)10-6-17/h2-14H,15H2,1H3,(H,27,29)/b23-14-. The van der Waals surface area contributed by atoms with Crippen LogP contribution in [-0.2, 0) is 20.9 Å². The van der Waals surface area contributed by atoms with Gasteiger partial charge in [-0.15, -0.1) is 0 Å². The number of hydrogen-bond donors (Lipinski definition) is 1. The molecule has 0 unspecified atom stereocenters. The van der Waals surface area contributed by atoms with E-state index < -0.39 is 5.97 Å². The van der Waals surface area contributed by atoms with E-state index in [9.17, 15) is 9.59 Å². The van der Waals surface area contributed by atoms with Crippen molar-refractivity contribution < 1.29 is 19.1 Å². The number of carbonyl (C=O) groups is 2. The van der Waals surface area contributed by atoms with E-state index in [0.717, 1.165) is 15.6 Å². The monoisotopic (exact) mass is 490 g/mol. The maximum absolute atomic E-state index is 12.3. The second kappa shape index (κ2) is 9.62. The Hall–Kier alpha value is -3.71. The van der Waals surface area contributed by atoms with Crippen LogP contribution >= 0.6 is 15.9 Å². The van der Waals surface area contributed by atoms with Gasteiger partial charge in [0.1, 0.15) is 12.4 Å². The molecule has 0 aliphatic carbocycles. The zero-order valence-electron chi connectivity index (χ0n) is 17.2. The number of ether oxygens (including phenoxy) is 2. The van der Waals surface area contributed by atoms with Crippen LogP contribution in [-0.4, -0.2) is 17.8 Å². The SMILES string of the molecule is CC(=O)Nc1ccc(C2=N/C(=C\c3cccc(OCc4ccc(Br)cc4)c3)C(=O)O2)cc1. The first kappa shape index (κ1) is 21.5. The topological polar surface area (TPSA) is 77.0 Å². The fourth-order valence-electron chi connectivity index (χ4n) is 3.03. The molecule has 1 aliphatic rings. The van der Waals surface area contributed by atoms with Crippen molar-refractivity contribution in [1.82, 2.24) is 0 Å². The van der Waals surface area contributed by atoms with Gasteiger partial charge in [0, 0.05) is 22.6 Å². The first-order valence-electron chi connectivity index (χ1n) is 9.84. The smallest absolute Gasteiger partial charge is 0.363 e. The van der Waals surface area contributed by atoms with Crippen molar-refractivity contribution in [3.63, 3.8) is 0 Å². The summed E-state index contributed by atoms with van der Waals surface area (Å²) in [5.41, 5.74) is 3.33.